The van der Waals surface area contributed by atoms with Gasteiger partial charge < -0.3 is 11.1 Å². The Hall–Kier alpha value is -0.570. The fraction of sp³-hybridized carbons (Fsp3) is 0.933. The van der Waals surface area contributed by atoms with E-state index in [-0.39, 0.29) is 23.3 Å². The molecule has 1 amide bonds. The van der Waals surface area contributed by atoms with Crippen molar-refractivity contribution in [2.75, 3.05) is 6.54 Å². The van der Waals surface area contributed by atoms with E-state index in [1.54, 1.807) is 0 Å². The molecule has 2 atom stereocenters. The molecule has 3 N–H and O–H groups in total. The Labute approximate surface area is 112 Å². The van der Waals surface area contributed by atoms with Crippen LogP contribution in [0.15, 0.2) is 0 Å². The van der Waals surface area contributed by atoms with E-state index < -0.39 is 0 Å². The van der Waals surface area contributed by atoms with Gasteiger partial charge >= 0.3 is 0 Å². The molecule has 1 rings (SSSR count). The summed E-state index contributed by atoms with van der Waals surface area (Å²) < 4.78 is 0. The van der Waals surface area contributed by atoms with E-state index in [9.17, 15) is 4.79 Å². The van der Waals surface area contributed by atoms with Crippen LogP contribution < -0.4 is 11.1 Å². The Balaban J connectivity index is 2.41. The summed E-state index contributed by atoms with van der Waals surface area (Å²) in [4.78, 5) is 12.2. The molecular formula is C15H30N2O. The van der Waals surface area contributed by atoms with Crippen LogP contribution in [-0.4, -0.2) is 18.5 Å². The molecule has 0 spiro atoms. The highest BCUT2D eigenvalue weighted by Crippen LogP contribution is 2.42. The molecule has 0 radical (unpaired) electrons. The Kier molecular flexibility index (Phi) is 5.64. The minimum absolute atomic E-state index is 0.0912. The monoisotopic (exact) mass is 254 g/mol. The van der Waals surface area contributed by atoms with Crippen LogP contribution in [0.1, 0.15) is 59.8 Å². The van der Waals surface area contributed by atoms with Gasteiger partial charge in [0.05, 0.1) is 0 Å². The third-order valence-corrected chi connectivity index (χ3v) is 4.74. The predicted molar refractivity (Wildman–Crippen MR) is 76.2 cm³/mol. The first-order valence-corrected chi connectivity index (χ1v) is 7.45. The lowest BCUT2D eigenvalue weighted by molar-refractivity contribution is -0.127. The zero-order valence-electron chi connectivity index (χ0n) is 12.5. The number of carbonyl (C=O) groups is 1. The summed E-state index contributed by atoms with van der Waals surface area (Å²) in [6.07, 6.45) is 5.53. The molecule has 1 fully saturated rings. The minimum Gasteiger partial charge on any atom is -0.354 e. The Morgan fingerprint density at radius 1 is 1.39 bits per heavy atom. The molecular weight excluding hydrogens is 224 g/mol. The van der Waals surface area contributed by atoms with Crippen molar-refractivity contribution < 1.29 is 4.79 Å². The predicted octanol–water partition coefficient (Wildman–Crippen LogP) is 2.69. The van der Waals surface area contributed by atoms with Gasteiger partial charge in [-0.3, -0.25) is 4.79 Å². The number of hydrogen-bond acceptors (Lipinski definition) is 2. The van der Waals surface area contributed by atoms with Crippen molar-refractivity contribution in [1.29, 1.82) is 0 Å². The third kappa shape index (κ3) is 3.71. The first kappa shape index (κ1) is 15.5. The van der Waals surface area contributed by atoms with Gasteiger partial charge in [0.25, 0.3) is 0 Å². The van der Waals surface area contributed by atoms with E-state index in [2.05, 4.69) is 33.0 Å². The van der Waals surface area contributed by atoms with Crippen LogP contribution in [0.5, 0.6) is 0 Å². The Morgan fingerprint density at radius 3 is 2.44 bits per heavy atom. The van der Waals surface area contributed by atoms with Crippen molar-refractivity contribution in [3.8, 4) is 0 Å². The number of hydrogen-bond donors (Lipinski definition) is 2. The summed E-state index contributed by atoms with van der Waals surface area (Å²) in [6.45, 7) is 9.35. The molecule has 1 aliphatic carbocycles. The lowest BCUT2D eigenvalue weighted by atomic mass is 9.81. The largest absolute Gasteiger partial charge is 0.354 e. The molecule has 0 aromatic heterocycles. The summed E-state index contributed by atoms with van der Waals surface area (Å²) in [5.41, 5.74) is 6.29. The van der Waals surface area contributed by atoms with Gasteiger partial charge in [0.2, 0.25) is 5.91 Å². The maximum absolute atomic E-state index is 12.2. The second-order valence-corrected chi connectivity index (χ2v) is 6.42. The van der Waals surface area contributed by atoms with Gasteiger partial charge in [0, 0.05) is 18.5 Å². The minimum atomic E-state index is 0.0912. The van der Waals surface area contributed by atoms with Gasteiger partial charge in [-0.25, -0.2) is 0 Å². The summed E-state index contributed by atoms with van der Waals surface area (Å²) in [6, 6.07) is 0.0912. The van der Waals surface area contributed by atoms with Crippen LogP contribution in [0.4, 0.5) is 0 Å². The fourth-order valence-electron chi connectivity index (χ4n) is 3.22. The topological polar surface area (TPSA) is 55.1 Å². The SMILES string of the molecule is CCC(CC)C(N)CNC(=O)C1CCCC1(C)C. The summed E-state index contributed by atoms with van der Waals surface area (Å²) in [5.74, 6) is 0.896. The number of nitrogens with two attached hydrogens (primary N) is 1. The number of carbonyl (C=O) groups excluding carboxylic acids is 1. The third-order valence-electron chi connectivity index (χ3n) is 4.74. The smallest absolute Gasteiger partial charge is 0.223 e. The second kappa shape index (κ2) is 6.55. The standard InChI is InChI=1S/C15H30N2O/c1-5-11(6-2)13(16)10-17-14(18)12-8-7-9-15(12,3)4/h11-13H,5-10,16H2,1-4H3,(H,17,18). The van der Waals surface area contributed by atoms with Crippen LogP contribution in [0.3, 0.4) is 0 Å². The van der Waals surface area contributed by atoms with Crippen LogP contribution >= 0.6 is 0 Å². The quantitative estimate of drug-likeness (QED) is 0.765. The normalized spacial score (nSPS) is 24.2. The van der Waals surface area contributed by atoms with Crippen molar-refractivity contribution in [3.63, 3.8) is 0 Å². The molecule has 3 nitrogen and oxygen atoms in total. The van der Waals surface area contributed by atoms with E-state index in [0.717, 1.165) is 25.7 Å². The highest BCUT2D eigenvalue weighted by atomic mass is 16.1. The molecule has 0 saturated heterocycles. The van der Waals surface area contributed by atoms with Crippen molar-refractivity contribution in [2.45, 2.75) is 65.8 Å². The molecule has 0 heterocycles. The maximum atomic E-state index is 12.2. The zero-order chi connectivity index (χ0) is 13.8. The molecule has 0 aromatic carbocycles. The second-order valence-electron chi connectivity index (χ2n) is 6.42. The van der Waals surface area contributed by atoms with Gasteiger partial charge in [-0.15, -0.1) is 0 Å². The van der Waals surface area contributed by atoms with Crippen molar-refractivity contribution >= 4 is 5.91 Å². The van der Waals surface area contributed by atoms with E-state index >= 15 is 0 Å². The van der Waals surface area contributed by atoms with E-state index in [0.29, 0.717) is 12.5 Å². The van der Waals surface area contributed by atoms with E-state index in [1.807, 2.05) is 0 Å². The molecule has 1 saturated carbocycles. The van der Waals surface area contributed by atoms with Gasteiger partial charge in [-0.2, -0.15) is 0 Å². The summed E-state index contributed by atoms with van der Waals surface area (Å²) in [7, 11) is 0. The van der Waals surface area contributed by atoms with Crippen LogP contribution in [-0.2, 0) is 4.79 Å². The summed E-state index contributed by atoms with van der Waals surface area (Å²) in [5, 5.41) is 3.07. The maximum Gasteiger partial charge on any atom is 0.223 e. The lowest BCUT2D eigenvalue weighted by Gasteiger charge is -2.27. The molecule has 18 heavy (non-hydrogen) atoms. The first-order valence-electron chi connectivity index (χ1n) is 7.45. The van der Waals surface area contributed by atoms with Crippen molar-refractivity contribution in [1.82, 2.24) is 5.32 Å². The van der Waals surface area contributed by atoms with Crippen LogP contribution in [0, 0.1) is 17.3 Å². The average Bonchev–Trinajstić information content (AvgIpc) is 2.67. The Bertz CT molecular complexity index is 272. The van der Waals surface area contributed by atoms with Crippen LogP contribution in [0.2, 0.25) is 0 Å². The fourth-order valence-corrected chi connectivity index (χ4v) is 3.22. The number of nitrogens with one attached hydrogen (secondary N) is 1. The molecule has 3 heteroatoms. The molecule has 0 aliphatic heterocycles. The molecule has 2 unspecified atom stereocenters. The number of amides is 1. The van der Waals surface area contributed by atoms with Crippen LogP contribution in [0.25, 0.3) is 0 Å². The lowest BCUT2D eigenvalue weighted by Crippen LogP contribution is -2.45. The van der Waals surface area contributed by atoms with Crippen molar-refractivity contribution in [2.24, 2.45) is 23.0 Å². The van der Waals surface area contributed by atoms with Gasteiger partial charge in [0.1, 0.15) is 0 Å². The molecule has 106 valence electrons. The average molecular weight is 254 g/mol. The van der Waals surface area contributed by atoms with E-state index in [1.165, 1.54) is 6.42 Å². The first-order chi connectivity index (χ1) is 8.42. The molecule has 0 aromatic rings. The van der Waals surface area contributed by atoms with E-state index in [4.69, 9.17) is 5.73 Å². The highest BCUT2D eigenvalue weighted by Gasteiger charge is 2.39. The summed E-state index contributed by atoms with van der Waals surface area (Å²) >= 11 is 0. The molecule has 0 bridgehead atoms. The van der Waals surface area contributed by atoms with Gasteiger partial charge in [-0.05, 0) is 24.2 Å². The van der Waals surface area contributed by atoms with Gasteiger partial charge in [-0.1, -0.05) is 47.0 Å². The van der Waals surface area contributed by atoms with Crippen molar-refractivity contribution in [3.05, 3.63) is 0 Å². The Morgan fingerprint density at radius 2 is 2.00 bits per heavy atom. The molecule has 1 aliphatic rings. The zero-order valence-corrected chi connectivity index (χ0v) is 12.5. The van der Waals surface area contributed by atoms with Gasteiger partial charge in [0.15, 0.2) is 0 Å². The number of rotatable bonds is 6. The highest BCUT2D eigenvalue weighted by molar-refractivity contribution is 5.79.